The lowest BCUT2D eigenvalue weighted by Gasteiger charge is -2.24. The fourth-order valence-electron chi connectivity index (χ4n) is 1.74. The zero-order valence-electron chi connectivity index (χ0n) is 12.0. The molecule has 1 aliphatic rings. The highest BCUT2D eigenvalue weighted by Crippen LogP contribution is 2.18. The van der Waals surface area contributed by atoms with Gasteiger partial charge < -0.3 is 15.0 Å². The van der Waals surface area contributed by atoms with E-state index in [1.54, 1.807) is 25.1 Å². The van der Waals surface area contributed by atoms with Crippen LogP contribution in [0.4, 0.5) is 4.39 Å². The first-order chi connectivity index (χ1) is 10.1. The first-order valence-corrected chi connectivity index (χ1v) is 7.50. The number of hydrogen-bond acceptors (Lipinski definition) is 5. The number of nitrogens with two attached hydrogens (primary N) is 1. The molecule has 1 aromatic carbocycles. The maximum absolute atomic E-state index is 13.6. The van der Waals surface area contributed by atoms with Gasteiger partial charge in [-0.2, -0.15) is 5.10 Å². The van der Waals surface area contributed by atoms with Crippen LogP contribution in [0.2, 0.25) is 0 Å². The summed E-state index contributed by atoms with van der Waals surface area (Å²) in [5.41, 5.74) is 6.62. The van der Waals surface area contributed by atoms with Crippen LogP contribution in [0.3, 0.4) is 0 Å². The Bertz CT molecular complexity index is 556. The van der Waals surface area contributed by atoms with Gasteiger partial charge in [-0.15, -0.1) is 5.10 Å². The van der Waals surface area contributed by atoms with Gasteiger partial charge in [0.15, 0.2) is 5.17 Å². The predicted octanol–water partition coefficient (Wildman–Crippen LogP) is 2.41. The molecule has 1 fully saturated rings. The van der Waals surface area contributed by atoms with Crippen molar-refractivity contribution in [3.63, 3.8) is 0 Å². The summed E-state index contributed by atoms with van der Waals surface area (Å²) in [7, 11) is 0. The van der Waals surface area contributed by atoms with Crippen LogP contribution >= 0.6 is 11.6 Å². The van der Waals surface area contributed by atoms with Gasteiger partial charge in [-0.05, 0) is 26.3 Å². The SMILES string of the molecule is C/C(=N/N=C(/N)SB1OCCC(C)O1)c1ccccc1F. The quantitative estimate of drug-likeness (QED) is 0.403. The molecule has 0 spiro atoms. The lowest BCUT2D eigenvalue weighted by atomic mass is 10.1. The second kappa shape index (κ2) is 7.58. The molecule has 2 rings (SSSR count). The Balaban J connectivity index is 1.99. The zero-order chi connectivity index (χ0) is 15.2. The zero-order valence-corrected chi connectivity index (χ0v) is 12.8. The maximum atomic E-state index is 13.6. The van der Waals surface area contributed by atoms with E-state index in [0.717, 1.165) is 18.0 Å². The topological polar surface area (TPSA) is 69.2 Å². The van der Waals surface area contributed by atoms with Gasteiger partial charge in [0.25, 0.3) is 0 Å². The largest absolute Gasteiger partial charge is 0.539 e. The molecule has 5 nitrogen and oxygen atoms in total. The van der Waals surface area contributed by atoms with E-state index in [0.29, 0.717) is 17.9 Å². The van der Waals surface area contributed by atoms with Crippen LogP contribution in [0.15, 0.2) is 34.5 Å². The van der Waals surface area contributed by atoms with Crippen molar-refractivity contribution in [3.05, 3.63) is 35.6 Å². The van der Waals surface area contributed by atoms with Crippen LogP contribution in [0.1, 0.15) is 25.8 Å². The lowest BCUT2D eigenvalue weighted by Crippen LogP contribution is -2.34. The third-order valence-electron chi connectivity index (χ3n) is 2.90. The van der Waals surface area contributed by atoms with Gasteiger partial charge in [0, 0.05) is 18.3 Å². The van der Waals surface area contributed by atoms with Crippen LogP contribution < -0.4 is 5.73 Å². The van der Waals surface area contributed by atoms with Gasteiger partial charge in [-0.25, -0.2) is 4.39 Å². The Hall–Kier alpha value is -1.38. The van der Waals surface area contributed by atoms with Crippen molar-refractivity contribution in [2.45, 2.75) is 26.4 Å². The molecule has 2 N–H and O–H groups in total. The Labute approximate surface area is 127 Å². The summed E-state index contributed by atoms with van der Waals surface area (Å²) in [5.74, 6) is -0.340. The normalized spacial score (nSPS) is 20.7. The van der Waals surface area contributed by atoms with E-state index in [4.69, 9.17) is 15.0 Å². The monoisotopic (exact) mass is 309 g/mol. The van der Waals surface area contributed by atoms with Crippen LogP contribution in [0.25, 0.3) is 0 Å². The summed E-state index contributed by atoms with van der Waals surface area (Å²) in [6.07, 6.45) is 0.521. The highest BCUT2D eigenvalue weighted by Gasteiger charge is 2.28. The molecule has 0 aliphatic carbocycles. The lowest BCUT2D eigenvalue weighted by molar-refractivity contribution is 0.0920. The van der Waals surface area contributed by atoms with Crippen molar-refractivity contribution in [3.8, 4) is 0 Å². The number of amidine groups is 1. The second-order valence-corrected chi connectivity index (χ2v) is 5.66. The molecule has 0 saturated carbocycles. The van der Waals surface area contributed by atoms with Crippen molar-refractivity contribution in [2.75, 3.05) is 6.61 Å². The fraction of sp³-hybridized carbons (Fsp3) is 0.385. The molecule has 8 heteroatoms. The van der Waals surface area contributed by atoms with E-state index in [1.165, 1.54) is 6.07 Å². The molecule has 1 saturated heterocycles. The number of rotatable bonds is 3. The minimum atomic E-state index is -0.471. The second-order valence-electron chi connectivity index (χ2n) is 4.62. The van der Waals surface area contributed by atoms with E-state index in [1.807, 2.05) is 6.92 Å². The molecule has 0 aromatic heterocycles. The summed E-state index contributed by atoms with van der Waals surface area (Å²) >= 11 is 1.15. The maximum Gasteiger partial charge on any atom is 0.539 e. The highest BCUT2D eigenvalue weighted by atomic mass is 32.2. The van der Waals surface area contributed by atoms with E-state index in [-0.39, 0.29) is 17.1 Å². The van der Waals surface area contributed by atoms with E-state index < -0.39 is 6.40 Å². The average molecular weight is 309 g/mol. The van der Waals surface area contributed by atoms with Crippen molar-refractivity contribution in [2.24, 2.45) is 15.9 Å². The molecule has 0 bridgehead atoms. The van der Waals surface area contributed by atoms with Crippen molar-refractivity contribution < 1.29 is 13.7 Å². The smallest absolute Gasteiger partial charge is 0.402 e. The summed E-state index contributed by atoms with van der Waals surface area (Å²) in [6.45, 7) is 4.28. The Morgan fingerprint density at radius 1 is 1.43 bits per heavy atom. The van der Waals surface area contributed by atoms with Crippen molar-refractivity contribution in [1.29, 1.82) is 0 Å². The minimum absolute atomic E-state index is 0.132. The molecular formula is C13H17BFN3O2S. The highest BCUT2D eigenvalue weighted by molar-refractivity contribution is 8.35. The Morgan fingerprint density at radius 2 is 2.19 bits per heavy atom. The van der Waals surface area contributed by atoms with Gasteiger partial charge >= 0.3 is 6.40 Å². The molecule has 1 atom stereocenters. The summed E-state index contributed by atoms with van der Waals surface area (Å²) in [4.78, 5) is 0. The number of nitrogens with zero attached hydrogens (tertiary/aromatic N) is 2. The average Bonchev–Trinajstić information content (AvgIpc) is 2.45. The third kappa shape index (κ3) is 4.84. The van der Waals surface area contributed by atoms with Crippen molar-refractivity contribution >= 4 is 28.9 Å². The minimum Gasteiger partial charge on any atom is -0.402 e. The molecule has 21 heavy (non-hydrogen) atoms. The third-order valence-corrected chi connectivity index (χ3v) is 3.66. The summed E-state index contributed by atoms with van der Waals surface area (Å²) in [6, 6.07) is 6.38. The van der Waals surface area contributed by atoms with Gasteiger partial charge in [0.05, 0.1) is 5.71 Å². The number of benzene rings is 1. The van der Waals surface area contributed by atoms with Gasteiger partial charge in [-0.1, -0.05) is 29.8 Å². The molecular weight excluding hydrogens is 292 g/mol. The molecule has 0 amide bonds. The summed E-state index contributed by atoms with van der Waals surface area (Å²) in [5, 5.41) is 8.04. The van der Waals surface area contributed by atoms with Crippen LogP contribution in [-0.4, -0.2) is 30.0 Å². The van der Waals surface area contributed by atoms with Crippen LogP contribution in [0, 0.1) is 5.82 Å². The predicted molar refractivity (Wildman–Crippen MR) is 84.7 cm³/mol. The standard InChI is InChI=1S/C13H17BFN3O2S/c1-9-7-8-19-14(20-9)21-13(16)18-17-10(2)11-5-3-4-6-12(11)15/h3-6,9H,7-8H2,1-2H3,(H2,16,18)/b17-10-. The molecule has 1 aromatic rings. The van der Waals surface area contributed by atoms with E-state index >= 15 is 0 Å². The summed E-state index contributed by atoms with van der Waals surface area (Å²) < 4.78 is 24.5. The molecule has 1 aliphatic heterocycles. The first-order valence-electron chi connectivity index (χ1n) is 6.62. The molecule has 112 valence electrons. The number of hydrogen-bond donors (Lipinski definition) is 1. The number of halogens is 1. The van der Waals surface area contributed by atoms with E-state index in [9.17, 15) is 4.39 Å². The van der Waals surface area contributed by atoms with Crippen LogP contribution in [-0.2, 0) is 9.31 Å². The fourth-order valence-corrected chi connectivity index (χ4v) is 2.44. The van der Waals surface area contributed by atoms with Crippen LogP contribution in [0.5, 0.6) is 0 Å². The Morgan fingerprint density at radius 3 is 2.90 bits per heavy atom. The first kappa shape index (κ1) is 16.0. The van der Waals surface area contributed by atoms with Gasteiger partial charge in [-0.3, -0.25) is 0 Å². The Kier molecular flexibility index (Phi) is 5.78. The van der Waals surface area contributed by atoms with Crippen molar-refractivity contribution in [1.82, 2.24) is 0 Å². The molecule has 1 heterocycles. The van der Waals surface area contributed by atoms with Gasteiger partial charge in [0.1, 0.15) is 5.82 Å². The molecule has 0 radical (unpaired) electrons. The van der Waals surface area contributed by atoms with Gasteiger partial charge in [0.2, 0.25) is 0 Å². The molecule has 1 unspecified atom stereocenters. The van der Waals surface area contributed by atoms with E-state index in [2.05, 4.69) is 10.2 Å².